The number of hydrogen-bond acceptors (Lipinski definition) is 6. The highest BCUT2D eigenvalue weighted by molar-refractivity contribution is 5.90. The minimum Gasteiger partial charge on any atom is -0.497 e. The smallest absolute Gasteiger partial charge is 0.254 e. The van der Waals surface area contributed by atoms with Crippen molar-refractivity contribution in [2.24, 2.45) is 0 Å². The van der Waals surface area contributed by atoms with Gasteiger partial charge in [0.25, 0.3) is 5.88 Å². The Morgan fingerprint density at radius 3 is 2.48 bits per heavy atom. The van der Waals surface area contributed by atoms with E-state index in [0.29, 0.717) is 23.2 Å². The molecule has 0 amide bonds. The van der Waals surface area contributed by atoms with E-state index < -0.39 is 0 Å². The molecule has 0 aliphatic heterocycles. The molecule has 108 valence electrons. The molecule has 6 heteroatoms. The van der Waals surface area contributed by atoms with E-state index in [1.807, 2.05) is 24.3 Å². The summed E-state index contributed by atoms with van der Waals surface area (Å²) in [7, 11) is 4.74. The van der Waals surface area contributed by atoms with Crippen molar-refractivity contribution in [3.63, 3.8) is 0 Å². The summed E-state index contributed by atoms with van der Waals surface area (Å²) in [6.45, 7) is 0. The second-order valence-corrected chi connectivity index (χ2v) is 4.34. The highest BCUT2D eigenvalue weighted by Crippen LogP contribution is 2.32. The number of hydrogen-bond donors (Lipinski definition) is 0. The van der Waals surface area contributed by atoms with Crippen molar-refractivity contribution in [3.05, 3.63) is 30.3 Å². The highest BCUT2D eigenvalue weighted by Gasteiger charge is 2.13. The number of fused-ring (bicyclic) bond motifs is 1. The van der Waals surface area contributed by atoms with Gasteiger partial charge in [0.2, 0.25) is 5.88 Å². The molecule has 0 saturated carbocycles. The van der Waals surface area contributed by atoms with Gasteiger partial charge in [-0.25, -0.2) is 4.98 Å². The van der Waals surface area contributed by atoms with E-state index in [-0.39, 0.29) is 0 Å². The first-order chi connectivity index (χ1) is 10.2. The first-order valence-electron chi connectivity index (χ1n) is 6.29. The number of methoxy groups -OCH3 is 3. The Kier molecular flexibility index (Phi) is 3.35. The van der Waals surface area contributed by atoms with Crippen LogP contribution in [0.25, 0.3) is 22.2 Å². The number of nitrogens with zero attached hydrogens (tertiary/aromatic N) is 2. The lowest BCUT2D eigenvalue weighted by atomic mass is 10.1. The van der Waals surface area contributed by atoms with Crippen molar-refractivity contribution in [1.82, 2.24) is 10.1 Å². The fourth-order valence-electron chi connectivity index (χ4n) is 2.09. The normalized spacial score (nSPS) is 10.6. The molecule has 0 aliphatic carbocycles. The number of benzene rings is 1. The van der Waals surface area contributed by atoms with Crippen molar-refractivity contribution in [1.29, 1.82) is 0 Å². The zero-order valence-electron chi connectivity index (χ0n) is 11.9. The van der Waals surface area contributed by atoms with E-state index >= 15 is 0 Å². The molecule has 2 aromatic heterocycles. The van der Waals surface area contributed by atoms with Gasteiger partial charge in [0.1, 0.15) is 11.4 Å². The molecule has 0 fully saturated rings. The average Bonchev–Trinajstić information content (AvgIpc) is 3.02. The molecule has 3 aromatic rings. The number of pyridine rings is 1. The number of rotatable bonds is 4. The van der Waals surface area contributed by atoms with Crippen molar-refractivity contribution in [2.45, 2.75) is 0 Å². The summed E-state index contributed by atoms with van der Waals surface area (Å²) in [4.78, 5) is 4.44. The Hall–Kier alpha value is -2.76. The molecule has 0 aliphatic rings. The zero-order chi connectivity index (χ0) is 14.8. The molecule has 0 atom stereocenters. The van der Waals surface area contributed by atoms with Gasteiger partial charge in [0.05, 0.1) is 27.4 Å². The van der Waals surface area contributed by atoms with Crippen LogP contribution >= 0.6 is 0 Å². The minimum atomic E-state index is 0.400. The molecule has 0 N–H and O–H groups in total. The maximum atomic E-state index is 5.35. The van der Waals surface area contributed by atoms with Crippen LogP contribution in [-0.2, 0) is 0 Å². The van der Waals surface area contributed by atoms with Crippen molar-refractivity contribution in [2.75, 3.05) is 21.3 Å². The van der Waals surface area contributed by atoms with Gasteiger partial charge in [0, 0.05) is 5.39 Å². The summed E-state index contributed by atoms with van der Waals surface area (Å²) in [5.74, 6) is 2.18. The first kappa shape index (κ1) is 13.2. The van der Waals surface area contributed by atoms with Gasteiger partial charge in [-0.05, 0) is 34.8 Å². The molecular formula is C15H14N2O4. The second-order valence-electron chi connectivity index (χ2n) is 4.34. The number of aromatic nitrogens is 2. The van der Waals surface area contributed by atoms with Crippen LogP contribution in [0.3, 0.4) is 0 Å². The van der Waals surface area contributed by atoms with E-state index in [4.69, 9.17) is 18.7 Å². The van der Waals surface area contributed by atoms with Crippen molar-refractivity contribution >= 4 is 10.8 Å². The van der Waals surface area contributed by atoms with Crippen molar-refractivity contribution in [3.8, 4) is 29.0 Å². The van der Waals surface area contributed by atoms with Gasteiger partial charge < -0.3 is 18.7 Å². The maximum Gasteiger partial charge on any atom is 0.254 e. The van der Waals surface area contributed by atoms with Crippen LogP contribution < -0.4 is 14.2 Å². The third-order valence-corrected chi connectivity index (χ3v) is 3.15. The lowest BCUT2D eigenvalue weighted by molar-refractivity contribution is 0.342. The fraction of sp³-hybridized carbons (Fsp3) is 0.200. The minimum absolute atomic E-state index is 0.400. The third-order valence-electron chi connectivity index (χ3n) is 3.15. The number of ether oxygens (including phenoxy) is 3. The quantitative estimate of drug-likeness (QED) is 0.734. The van der Waals surface area contributed by atoms with Gasteiger partial charge in [0.15, 0.2) is 5.76 Å². The summed E-state index contributed by atoms with van der Waals surface area (Å²) < 4.78 is 20.8. The van der Waals surface area contributed by atoms with Gasteiger partial charge >= 0.3 is 0 Å². The molecule has 0 spiro atoms. The molecule has 3 rings (SSSR count). The molecule has 0 unspecified atom stereocenters. The standard InChI is InChI=1S/C15H14N2O4/c1-18-10-4-5-11-9(6-10)7-12(16-15(11)20-3)13-8-14(19-2)17-21-13/h4-8H,1-3H3. The van der Waals surface area contributed by atoms with E-state index in [0.717, 1.165) is 16.5 Å². The molecule has 2 heterocycles. The van der Waals surface area contributed by atoms with Crippen LogP contribution in [-0.4, -0.2) is 31.5 Å². The van der Waals surface area contributed by atoms with E-state index in [2.05, 4.69) is 10.1 Å². The Morgan fingerprint density at radius 1 is 0.952 bits per heavy atom. The second kappa shape index (κ2) is 5.32. The van der Waals surface area contributed by atoms with Gasteiger partial charge in [-0.2, -0.15) is 0 Å². The zero-order valence-corrected chi connectivity index (χ0v) is 11.9. The highest BCUT2D eigenvalue weighted by atomic mass is 16.5. The molecular weight excluding hydrogens is 272 g/mol. The summed E-state index contributed by atoms with van der Waals surface area (Å²) in [5.41, 5.74) is 0.614. The molecule has 0 bridgehead atoms. The third kappa shape index (κ3) is 2.35. The summed E-state index contributed by atoms with van der Waals surface area (Å²) in [6, 6.07) is 9.25. The summed E-state index contributed by atoms with van der Waals surface area (Å²) in [6.07, 6.45) is 0. The Morgan fingerprint density at radius 2 is 1.81 bits per heavy atom. The topological polar surface area (TPSA) is 66.6 Å². The van der Waals surface area contributed by atoms with Crippen molar-refractivity contribution < 1.29 is 18.7 Å². The lowest BCUT2D eigenvalue weighted by Gasteiger charge is -2.08. The van der Waals surface area contributed by atoms with Gasteiger partial charge in [-0.15, -0.1) is 0 Å². The SMILES string of the molecule is COc1ccc2c(OC)nc(-c3cc(OC)no3)cc2c1. The van der Waals surface area contributed by atoms with Crippen LogP contribution in [0, 0.1) is 0 Å². The average molecular weight is 286 g/mol. The van der Waals surface area contributed by atoms with E-state index in [9.17, 15) is 0 Å². The molecule has 21 heavy (non-hydrogen) atoms. The Balaban J connectivity index is 2.18. The summed E-state index contributed by atoms with van der Waals surface area (Å²) >= 11 is 0. The molecule has 1 aromatic carbocycles. The maximum absolute atomic E-state index is 5.35. The molecule has 0 radical (unpaired) electrons. The van der Waals surface area contributed by atoms with Crippen LogP contribution in [0.15, 0.2) is 34.9 Å². The molecule has 6 nitrogen and oxygen atoms in total. The van der Waals surface area contributed by atoms with E-state index in [1.165, 1.54) is 7.11 Å². The monoisotopic (exact) mass is 286 g/mol. The Labute approximate surface area is 121 Å². The molecule has 0 saturated heterocycles. The predicted molar refractivity (Wildman–Crippen MR) is 76.9 cm³/mol. The van der Waals surface area contributed by atoms with Gasteiger partial charge in [-0.1, -0.05) is 0 Å². The first-order valence-corrected chi connectivity index (χ1v) is 6.29. The van der Waals surface area contributed by atoms with Crippen LogP contribution in [0.5, 0.6) is 17.5 Å². The lowest BCUT2D eigenvalue weighted by Crippen LogP contribution is -1.92. The van der Waals surface area contributed by atoms with Gasteiger partial charge in [-0.3, -0.25) is 0 Å². The predicted octanol–water partition coefficient (Wildman–Crippen LogP) is 2.92. The van der Waals surface area contributed by atoms with E-state index in [1.54, 1.807) is 20.3 Å². The Bertz CT molecular complexity index is 782. The fourth-order valence-corrected chi connectivity index (χ4v) is 2.09. The van der Waals surface area contributed by atoms with Crippen LogP contribution in [0.4, 0.5) is 0 Å². The van der Waals surface area contributed by atoms with Crippen LogP contribution in [0.2, 0.25) is 0 Å². The largest absolute Gasteiger partial charge is 0.497 e. The van der Waals surface area contributed by atoms with Crippen LogP contribution in [0.1, 0.15) is 0 Å². The summed E-state index contributed by atoms with van der Waals surface area (Å²) in [5, 5.41) is 5.61.